The van der Waals surface area contributed by atoms with Crippen molar-refractivity contribution in [1.82, 2.24) is 0 Å². The van der Waals surface area contributed by atoms with Crippen LogP contribution in [0.25, 0.3) is 0 Å². The van der Waals surface area contributed by atoms with Crippen molar-refractivity contribution in [3.63, 3.8) is 0 Å². The van der Waals surface area contributed by atoms with E-state index < -0.39 is 27.2 Å². The van der Waals surface area contributed by atoms with Gasteiger partial charge in [0.2, 0.25) is 5.82 Å². The minimum Gasteiger partial charge on any atom is -0.398 e. The van der Waals surface area contributed by atoms with Crippen LogP contribution < -0.4 is 5.73 Å². The van der Waals surface area contributed by atoms with Crippen LogP contribution in [-0.4, -0.2) is 9.13 Å². The Kier molecular flexibility index (Phi) is 4.54. The van der Waals surface area contributed by atoms with Crippen LogP contribution in [0.1, 0.15) is 5.56 Å². The molecule has 2 aromatic rings. The predicted molar refractivity (Wildman–Crippen MR) is 79.0 cm³/mol. The number of anilines is 1. The van der Waals surface area contributed by atoms with Crippen LogP contribution in [0.4, 0.5) is 15.8 Å². The molecule has 0 aliphatic heterocycles. The first-order valence-corrected chi connectivity index (χ1v) is 7.45. The van der Waals surface area contributed by atoms with E-state index in [4.69, 9.17) is 17.3 Å². The molecule has 0 aliphatic rings. The van der Waals surface area contributed by atoms with E-state index in [9.17, 15) is 18.7 Å². The Labute approximate surface area is 127 Å². The smallest absolute Gasteiger partial charge is 0.305 e. The Morgan fingerprint density at radius 3 is 2.57 bits per heavy atom. The van der Waals surface area contributed by atoms with Crippen LogP contribution in [-0.2, 0) is 16.6 Å². The molecule has 21 heavy (non-hydrogen) atoms. The van der Waals surface area contributed by atoms with E-state index in [1.165, 1.54) is 24.3 Å². The number of nitrogens with two attached hydrogens (primary N) is 1. The molecule has 5 nitrogen and oxygen atoms in total. The van der Waals surface area contributed by atoms with Gasteiger partial charge in [0.05, 0.1) is 31.4 Å². The Morgan fingerprint density at radius 1 is 1.29 bits per heavy atom. The highest BCUT2D eigenvalue weighted by Crippen LogP contribution is 2.29. The van der Waals surface area contributed by atoms with E-state index in [0.717, 1.165) is 6.07 Å². The third-order valence-electron chi connectivity index (χ3n) is 2.77. The molecule has 2 N–H and O–H groups in total. The molecule has 2 aromatic carbocycles. The van der Waals surface area contributed by atoms with Gasteiger partial charge in [-0.3, -0.25) is 14.3 Å². The number of rotatable bonds is 4. The second-order valence-electron chi connectivity index (χ2n) is 4.16. The minimum absolute atomic E-state index is 0.0261. The summed E-state index contributed by atoms with van der Waals surface area (Å²) in [6.07, 6.45) is 0. The molecule has 0 aliphatic carbocycles. The van der Waals surface area contributed by atoms with Crippen molar-refractivity contribution in [2.45, 2.75) is 10.6 Å². The molecule has 0 spiro atoms. The van der Waals surface area contributed by atoms with Crippen molar-refractivity contribution in [2.75, 3.05) is 5.73 Å². The van der Waals surface area contributed by atoms with Crippen molar-refractivity contribution < 1.29 is 13.5 Å². The van der Waals surface area contributed by atoms with Gasteiger partial charge in [-0.05, 0) is 12.1 Å². The minimum atomic E-state index is -1.71. The zero-order chi connectivity index (χ0) is 15.6. The quantitative estimate of drug-likeness (QED) is 0.530. The number of hydrogen-bond acceptors (Lipinski definition) is 4. The van der Waals surface area contributed by atoms with Crippen molar-refractivity contribution in [3.05, 3.63) is 62.9 Å². The molecule has 0 bridgehead atoms. The zero-order valence-corrected chi connectivity index (χ0v) is 12.2. The standard InChI is InChI=1S/C13H10ClFN2O3S/c14-9-4-2-5-10(16)13(9)21(20)7-8-3-1-6-11(12(8)15)17(18)19/h1-6H,7,16H2. The largest absolute Gasteiger partial charge is 0.398 e. The van der Waals surface area contributed by atoms with Gasteiger partial charge in [0.1, 0.15) is 0 Å². The van der Waals surface area contributed by atoms with Gasteiger partial charge >= 0.3 is 5.69 Å². The summed E-state index contributed by atoms with van der Waals surface area (Å²) in [6, 6.07) is 8.38. The third-order valence-corrected chi connectivity index (χ3v) is 4.68. The molecule has 0 radical (unpaired) electrons. The lowest BCUT2D eigenvalue weighted by atomic mass is 10.2. The highest BCUT2D eigenvalue weighted by molar-refractivity contribution is 7.84. The lowest BCUT2D eigenvalue weighted by Gasteiger charge is -2.08. The molecule has 2 rings (SSSR count). The van der Waals surface area contributed by atoms with Gasteiger partial charge in [0.15, 0.2) is 0 Å². The van der Waals surface area contributed by atoms with Crippen molar-refractivity contribution in [1.29, 1.82) is 0 Å². The second kappa shape index (κ2) is 6.19. The fraction of sp³-hybridized carbons (Fsp3) is 0.0769. The maximum Gasteiger partial charge on any atom is 0.305 e. The maximum atomic E-state index is 14.0. The monoisotopic (exact) mass is 328 g/mol. The van der Waals surface area contributed by atoms with E-state index in [0.29, 0.717) is 0 Å². The number of benzene rings is 2. The molecule has 0 amide bonds. The molecule has 0 fully saturated rings. The van der Waals surface area contributed by atoms with Crippen molar-refractivity contribution in [2.24, 2.45) is 0 Å². The average Bonchev–Trinajstić information content (AvgIpc) is 2.40. The third kappa shape index (κ3) is 3.20. The summed E-state index contributed by atoms with van der Waals surface area (Å²) in [5.74, 6) is -1.25. The molecule has 8 heteroatoms. The van der Waals surface area contributed by atoms with Gasteiger partial charge in [-0.25, -0.2) is 0 Å². The summed E-state index contributed by atoms with van der Waals surface area (Å²) < 4.78 is 26.3. The molecule has 0 saturated carbocycles. The topological polar surface area (TPSA) is 86.2 Å². The van der Waals surface area contributed by atoms with Gasteiger partial charge in [0.25, 0.3) is 0 Å². The average molecular weight is 329 g/mol. The Morgan fingerprint density at radius 2 is 1.95 bits per heavy atom. The lowest BCUT2D eigenvalue weighted by Crippen LogP contribution is -2.04. The van der Waals surface area contributed by atoms with Crippen molar-refractivity contribution >= 4 is 33.8 Å². The summed E-state index contributed by atoms with van der Waals surface area (Å²) >= 11 is 5.94. The lowest BCUT2D eigenvalue weighted by molar-refractivity contribution is -0.387. The first-order chi connectivity index (χ1) is 9.91. The molecular formula is C13H10ClFN2O3S. The molecule has 1 unspecified atom stereocenters. The number of nitro benzene ring substituents is 1. The number of nitro groups is 1. The summed E-state index contributed by atoms with van der Waals surface area (Å²) in [4.78, 5) is 10.1. The number of halogens is 2. The van der Waals surface area contributed by atoms with Crippen LogP contribution in [0.15, 0.2) is 41.3 Å². The first-order valence-electron chi connectivity index (χ1n) is 5.76. The second-order valence-corrected chi connectivity index (χ2v) is 5.95. The zero-order valence-electron chi connectivity index (χ0n) is 10.6. The summed E-state index contributed by atoms with van der Waals surface area (Å²) in [6.45, 7) is 0. The normalized spacial score (nSPS) is 12.1. The van der Waals surface area contributed by atoms with E-state index >= 15 is 0 Å². The molecule has 1 atom stereocenters. The summed E-state index contributed by atoms with van der Waals surface area (Å²) in [7, 11) is -1.71. The molecule has 0 saturated heterocycles. The van der Waals surface area contributed by atoms with Crippen LogP contribution >= 0.6 is 11.6 Å². The van der Waals surface area contributed by atoms with Gasteiger partial charge in [0, 0.05) is 17.3 Å². The van der Waals surface area contributed by atoms with Gasteiger partial charge < -0.3 is 5.73 Å². The highest BCUT2D eigenvalue weighted by atomic mass is 35.5. The van der Waals surface area contributed by atoms with Crippen LogP contribution in [0, 0.1) is 15.9 Å². The predicted octanol–water partition coefficient (Wildman–Crippen LogP) is 3.28. The van der Waals surface area contributed by atoms with E-state index in [-0.39, 0.29) is 26.9 Å². The van der Waals surface area contributed by atoms with Crippen molar-refractivity contribution in [3.8, 4) is 0 Å². The number of nitrogens with zero attached hydrogens (tertiary/aromatic N) is 1. The number of hydrogen-bond donors (Lipinski definition) is 1. The van der Waals surface area contributed by atoms with Gasteiger partial charge in [-0.2, -0.15) is 4.39 Å². The molecule has 0 heterocycles. The Balaban J connectivity index is 2.37. The molecule has 0 aromatic heterocycles. The fourth-order valence-electron chi connectivity index (χ4n) is 1.80. The molecule has 110 valence electrons. The Bertz CT molecular complexity index is 719. The van der Waals surface area contributed by atoms with Crippen LogP contribution in [0.3, 0.4) is 0 Å². The fourth-order valence-corrected chi connectivity index (χ4v) is 3.50. The SMILES string of the molecule is Nc1cccc(Cl)c1S(=O)Cc1cccc([N+](=O)[O-])c1F. The summed E-state index contributed by atoms with van der Waals surface area (Å²) in [5, 5.41) is 10.9. The van der Waals surface area contributed by atoms with Gasteiger partial charge in [-0.1, -0.05) is 29.8 Å². The van der Waals surface area contributed by atoms with Gasteiger partial charge in [-0.15, -0.1) is 0 Å². The maximum absolute atomic E-state index is 14.0. The van der Waals surface area contributed by atoms with E-state index in [2.05, 4.69) is 0 Å². The first kappa shape index (κ1) is 15.4. The van der Waals surface area contributed by atoms with Crippen LogP contribution in [0.5, 0.6) is 0 Å². The Hall–Kier alpha value is -1.99. The highest BCUT2D eigenvalue weighted by Gasteiger charge is 2.20. The summed E-state index contributed by atoms with van der Waals surface area (Å²) in [5.41, 5.74) is 5.26. The number of nitrogen functional groups attached to an aromatic ring is 1. The van der Waals surface area contributed by atoms with E-state index in [1.807, 2.05) is 0 Å². The van der Waals surface area contributed by atoms with E-state index in [1.54, 1.807) is 6.07 Å². The molecular weight excluding hydrogens is 319 g/mol. The van der Waals surface area contributed by atoms with Crippen LogP contribution in [0.2, 0.25) is 5.02 Å².